The fourth-order valence-electron chi connectivity index (χ4n) is 2.59. The molecule has 1 saturated heterocycles. The van der Waals surface area contributed by atoms with Crippen molar-refractivity contribution in [1.29, 1.82) is 0 Å². The van der Waals surface area contributed by atoms with Crippen molar-refractivity contribution in [3.8, 4) is 5.75 Å². The number of likely N-dealkylation sites (N-methyl/N-ethyl adjacent to an activating group) is 1. The van der Waals surface area contributed by atoms with Gasteiger partial charge in [0.25, 0.3) is 0 Å². The number of β-amino-alcohol motifs (C(OH)–C–C–N with tert-alkyl or cyclic N) is 1. The van der Waals surface area contributed by atoms with Gasteiger partial charge >= 0.3 is 0 Å². The first kappa shape index (κ1) is 21.5. The molecule has 1 aromatic carbocycles. The maximum absolute atomic E-state index is 10.1. The number of aliphatic hydroxyl groups excluding tert-OH is 1. The molecule has 0 spiro atoms. The summed E-state index contributed by atoms with van der Waals surface area (Å²) in [5.74, 6) is 0.907. The summed E-state index contributed by atoms with van der Waals surface area (Å²) in [4.78, 5) is 4.62. The first-order valence-corrected chi connectivity index (χ1v) is 7.34. The maximum atomic E-state index is 10.1. The lowest BCUT2D eigenvalue weighted by atomic mass is 10.1. The van der Waals surface area contributed by atoms with E-state index in [9.17, 15) is 5.11 Å². The Hall–Kier alpha value is -0.520. The van der Waals surface area contributed by atoms with Crippen molar-refractivity contribution >= 4 is 0 Å². The molecule has 6 heteroatoms. The van der Waals surface area contributed by atoms with Crippen LogP contribution in [-0.4, -0.2) is 67.4 Å². The van der Waals surface area contributed by atoms with Gasteiger partial charge in [-0.1, -0.05) is 18.2 Å². The van der Waals surface area contributed by atoms with Crippen molar-refractivity contribution in [3.05, 3.63) is 29.3 Å². The smallest absolute Gasteiger partial charge is 0.125 e. The number of halogens is 2. The number of para-hydroxylation sites is 1. The van der Waals surface area contributed by atoms with Gasteiger partial charge in [0.15, 0.2) is 0 Å². The summed E-state index contributed by atoms with van der Waals surface area (Å²) < 4.78 is 5.80. The lowest BCUT2D eigenvalue weighted by Crippen LogP contribution is -3.00. The van der Waals surface area contributed by atoms with Crippen LogP contribution in [0, 0.1) is 13.8 Å². The molecule has 1 unspecified atom stereocenters. The predicted octanol–water partition coefficient (Wildman–Crippen LogP) is -4.70. The first-order chi connectivity index (χ1) is 9.56. The van der Waals surface area contributed by atoms with Gasteiger partial charge in [-0.15, -0.1) is 0 Å². The van der Waals surface area contributed by atoms with E-state index in [0.717, 1.165) is 43.1 Å². The molecule has 1 N–H and O–H groups in total. The van der Waals surface area contributed by atoms with Gasteiger partial charge in [-0.2, -0.15) is 0 Å². The molecule has 0 aromatic heterocycles. The van der Waals surface area contributed by atoms with E-state index in [-0.39, 0.29) is 24.8 Å². The number of benzene rings is 1. The second kappa shape index (κ2) is 10.3. The number of nitrogens with zero attached hydrogens (tertiary/aromatic N) is 2. The lowest BCUT2D eigenvalue weighted by molar-refractivity contribution is -0.001000. The van der Waals surface area contributed by atoms with Gasteiger partial charge in [-0.05, 0) is 32.0 Å². The summed E-state index contributed by atoms with van der Waals surface area (Å²) in [7, 11) is 2.14. The molecular formula is C16H26Cl2N2O2-2. The SMILES string of the molecule is Cc1cccc(C)c1OCC(O)CN1CCN(C)CC1.[Cl-].[Cl-]. The Bertz CT molecular complexity index is 418. The maximum Gasteiger partial charge on any atom is 0.125 e. The third kappa shape index (κ3) is 6.31. The van der Waals surface area contributed by atoms with E-state index in [1.165, 1.54) is 0 Å². The van der Waals surface area contributed by atoms with E-state index in [2.05, 4.69) is 16.8 Å². The average molecular weight is 349 g/mol. The highest BCUT2D eigenvalue weighted by atomic mass is 35.5. The molecule has 1 aliphatic heterocycles. The lowest BCUT2D eigenvalue weighted by Gasteiger charge is -2.33. The minimum absolute atomic E-state index is 0. The van der Waals surface area contributed by atoms with Crippen LogP contribution in [0.2, 0.25) is 0 Å². The standard InChI is InChI=1S/C16H26N2O2.2ClH/c1-13-5-4-6-14(2)16(13)20-12-15(19)11-18-9-7-17(3)8-10-18;;/h4-6,15,19H,7-12H2,1-3H3;2*1H/p-2. The second-order valence-corrected chi connectivity index (χ2v) is 5.79. The molecule has 0 aliphatic carbocycles. The monoisotopic (exact) mass is 348 g/mol. The zero-order valence-electron chi connectivity index (χ0n) is 13.6. The van der Waals surface area contributed by atoms with E-state index >= 15 is 0 Å². The average Bonchev–Trinajstić information content (AvgIpc) is 2.41. The van der Waals surface area contributed by atoms with Gasteiger partial charge in [0, 0.05) is 32.7 Å². The molecule has 1 fully saturated rings. The molecule has 1 heterocycles. The highest BCUT2D eigenvalue weighted by molar-refractivity contribution is 5.39. The third-order valence-electron chi connectivity index (χ3n) is 3.89. The summed E-state index contributed by atoms with van der Waals surface area (Å²) >= 11 is 0. The van der Waals surface area contributed by atoms with Crippen molar-refractivity contribution in [2.45, 2.75) is 20.0 Å². The predicted molar refractivity (Wildman–Crippen MR) is 81.4 cm³/mol. The summed E-state index contributed by atoms with van der Waals surface area (Å²) in [6.45, 7) is 9.32. The van der Waals surface area contributed by atoms with Gasteiger partial charge in [0.2, 0.25) is 0 Å². The molecule has 0 radical (unpaired) electrons. The minimum Gasteiger partial charge on any atom is -1.00 e. The quantitative estimate of drug-likeness (QED) is 0.580. The van der Waals surface area contributed by atoms with Crippen LogP contribution in [0.4, 0.5) is 0 Å². The van der Waals surface area contributed by atoms with Gasteiger partial charge in [0.05, 0.1) is 0 Å². The first-order valence-electron chi connectivity index (χ1n) is 7.34. The molecule has 22 heavy (non-hydrogen) atoms. The van der Waals surface area contributed by atoms with Crippen LogP contribution in [0.3, 0.4) is 0 Å². The number of aryl methyl sites for hydroxylation is 2. The molecule has 0 amide bonds. The summed E-state index contributed by atoms with van der Waals surface area (Å²) in [6.07, 6.45) is -0.433. The molecule has 1 atom stereocenters. The van der Waals surface area contributed by atoms with Crippen LogP contribution in [0.1, 0.15) is 11.1 Å². The topological polar surface area (TPSA) is 35.9 Å². The van der Waals surface area contributed by atoms with Crippen LogP contribution >= 0.6 is 0 Å². The summed E-state index contributed by atoms with van der Waals surface area (Å²) in [6, 6.07) is 6.10. The van der Waals surface area contributed by atoms with Crippen molar-refractivity contribution in [1.82, 2.24) is 9.80 Å². The van der Waals surface area contributed by atoms with Crippen LogP contribution in [-0.2, 0) is 0 Å². The van der Waals surface area contributed by atoms with Gasteiger partial charge < -0.3 is 39.6 Å². The second-order valence-electron chi connectivity index (χ2n) is 5.79. The molecule has 0 bridgehead atoms. The van der Waals surface area contributed by atoms with Crippen LogP contribution in [0.25, 0.3) is 0 Å². The third-order valence-corrected chi connectivity index (χ3v) is 3.89. The highest BCUT2D eigenvalue weighted by Gasteiger charge is 2.17. The number of piperazine rings is 1. The Morgan fingerprint density at radius 3 is 2.18 bits per heavy atom. The van der Waals surface area contributed by atoms with Crippen LogP contribution < -0.4 is 29.6 Å². The van der Waals surface area contributed by atoms with Gasteiger partial charge in [0.1, 0.15) is 18.5 Å². The largest absolute Gasteiger partial charge is 1.00 e. The summed E-state index contributed by atoms with van der Waals surface area (Å²) in [5, 5.41) is 10.1. The molecule has 4 nitrogen and oxygen atoms in total. The van der Waals surface area contributed by atoms with E-state index in [1.807, 2.05) is 32.0 Å². The number of aliphatic hydroxyl groups is 1. The van der Waals surface area contributed by atoms with E-state index in [1.54, 1.807) is 0 Å². The molecule has 2 rings (SSSR count). The van der Waals surface area contributed by atoms with Crippen LogP contribution in [0.5, 0.6) is 5.75 Å². The Morgan fingerprint density at radius 1 is 1.09 bits per heavy atom. The Kier molecular flexibility index (Phi) is 10.0. The molecule has 128 valence electrons. The highest BCUT2D eigenvalue weighted by Crippen LogP contribution is 2.22. The minimum atomic E-state index is -0.433. The number of ether oxygens (including phenoxy) is 1. The molecule has 0 saturated carbocycles. The van der Waals surface area contributed by atoms with Crippen molar-refractivity contribution < 1.29 is 34.7 Å². The zero-order valence-corrected chi connectivity index (χ0v) is 15.1. The van der Waals surface area contributed by atoms with Crippen molar-refractivity contribution in [3.63, 3.8) is 0 Å². The fraction of sp³-hybridized carbons (Fsp3) is 0.625. The van der Waals surface area contributed by atoms with E-state index in [0.29, 0.717) is 13.2 Å². The van der Waals surface area contributed by atoms with E-state index < -0.39 is 6.10 Å². The van der Waals surface area contributed by atoms with Gasteiger partial charge in [-0.25, -0.2) is 0 Å². The number of hydrogen-bond acceptors (Lipinski definition) is 4. The fourth-order valence-corrected chi connectivity index (χ4v) is 2.59. The Labute approximate surface area is 146 Å². The van der Waals surface area contributed by atoms with Gasteiger partial charge in [-0.3, -0.25) is 4.90 Å². The molecular weight excluding hydrogens is 323 g/mol. The zero-order chi connectivity index (χ0) is 14.5. The Morgan fingerprint density at radius 2 is 1.64 bits per heavy atom. The van der Waals surface area contributed by atoms with Crippen molar-refractivity contribution in [2.24, 2.45) is 0 Å². The molecule has 1 aromatic rings. The van der Waals surface area contributed by atoms with E-state index in [4.69, 9.17) is 4.74 Å². The summed E-state index contributed by atoms with van der Waals surface area (Å²) in [5.41, 5.74) is 2.24. The normalized spacial score (nSPS) is 17.3. The number of hydrogen-bond donors (Lipinski definition) is 1. The molecule has 1 aliphatic rings. The van der Waals surface area contributed by atoms with Crippen LogP contribution in [0.15, 0.2) is 18.2 Å². The Balaban J connectivity index is 0.00000220. The van der Waals surface area contributed by atoms with Crippen molar-refractivity contribution in [2.75, 3.05) is 46.4 Å². The number of rotatable bonds is 5.